The van der Waals surface area contributed by atoms with Gasteiger partial charge in [-0.05, 0) is 36.4 Å². The lowest BCUT2D eigenvalue weighted by Gasteiger charge is -2.15. The minimum absolute atomic E-state index is 0.560. The van der Waals surface area contributed by atoms with Gasteiger partial charge in [0.25, 0.3) is 0 Å². The summed E-state index contributed by atoms with van der Waals surface area (Å²) < 4.78 is 23.5. The first kappa shape index (κ1) is 16.7. The summed E-state index contributed by atoms with van der Waals surface area (Å²) in [6, 6.07) is 11.6. The second-order valence-corrected chi connectivity index (χ2v) is 5.26. The molecule has 0 aliphatic rings. The van der Waals surface area contributed by atoms with E-state index in [-0.39, 0.29) is 0 Å². The number of methoxy groups -OCH3 is 4. The summed E-state index contributed by atoms with van der Waals surface area (Å²) in [6.45, 7) is 0. The summed E-state index contributed by atoms with van der Waals surface area (Å²) in [5.74, 6) is 2.56. The van der Waals surface area contributed by atoms with Crippen LogP contribution in [0.4, 0.5) is 0 Å². The molecule has 0 fully saturated rings. The average Bonchev–Trinajstić information content (AvgIpc) is 3.16. The Morgan fingerprint density at radius 3 is 1.96 bits per heavy atom. The molecular weight excluding hydrogens is 320 g/mol. The van der Waals surface area contributed by atoms with Crippen LogP contribution in [0, 0.1) is 0 Å². The van der Waals surface area contributed by atoms with Crippen molar-refractivity contribution < 1.29 is 18.9 Å². The zero-order valence-electron chi connectivity index (χ0n) is 14.6. The fraction of sp³-hybridized carbons (Fsp3) is 0.211. The number of rotatable bonds is 6. The van der Waals surface area contributed by atoms with Gasteiger partial charge in [-0.3, -0.25) is 4.57 Å². The van der Waals surface area contributed by atoms with Gasteiger partial charge in [0, 0.05) is 11.3 Å². The molecule has 2 aromatic carbocycles. The van der Waals surface area contributed by atoms with Gasteiger partial charge < -0.3 is 18.9 Å². The van der Waals surface area contributed by atoms with Gasteiger partial charge in [-0.25, -0.2) is 4.98 Å². The standard InChI is InChI=1S/C19H20N2O4/c1-22-15-7-5-14(6-8-15)21-12-20-11-16(21)13-9-17(23-2)19(25-4)18(10-13)24-3/h5-12H,1-4H3. The van der Waals surface area contributed by atoms with E-state index in [4.69, 9.17) is 18.9 Å². The Labute approximate surface area is 146 Å². The van der Waals surface area contributed by atoms with Crippen LogP contribution < -0.4 is 18.9 Å². The summed E-state index contributed by atoms with van der Waals surface area (Å²) in [5.41, 5.74) is 2.79. The molecule has 0 amide bonds. The van der Waals surface area contributed by atoms with E-state index in [2.05, 4.69) is 4.98 Å². The quantitative estimate of drug-likeness (QED) is 0.686. The van der Waals surface area contributed by atoms with Crippen LogP contribution in [0.15, 0.2) is 48.9 Å². The molecule has 0 atom stereocenters. The highest BCUT2D eigenvalue weighted by Gasteiger charge is 2.16. The molecule has 0 N–H and O–H groups in total. The highest BCUT2D eigenvalue weighted by atomic mass is 16.5. The van der Waals surface area contributed by atoms with Crippen molar-refractivity contribution in [1.29, 1.82) is 0 Å². The normalized spacial score (nSPS) is 10.4. The van der Waals surface area contributed by atoms with E-state index in [1.165, 1.54) is 0 Å². The molecule has 3 aromatic rings. The van der Waals surface area contributed by atoms with Crippen molar-refractivity contribution in [1.82, 2.24) is 9.55 Å². The maximum Gasteiger partial charge on any atom is 0.203 e. The minimum atomic E-state index is 0.560. The Kier molecular flexibility index (Phi) is 4.79. The van der Waals surface area contributed by atoms with E-state index in [1.807, 2.05) is 41.0 Å². The van der Waals surface area contributed by atoms with Crippen LogP contribution in [0.2, 0.25) is 0 Å². The molecule has 6 heteroatoms. The third kappa shape index (κ3) is 3.10. The third-order valence-electron chi connectivity index (χ3n) is 3.95. The van der Waals surface area contributed by atoms with Crippen molar-refractivity contribution in [3.8, 4) is 39.9 Å². The molecule has 25 heavy (non-hydrogen) atoms. The number of nitrogens with zero attached hydrogens (tertiary/aromatic N) is 2. The molecule has 3 rings (SSSR count). The smallest absolute Gasteiger partial charge is 0.203 e. The van der Waals surface area contributed by atoms with Gasteiger partial charge in [0.15, 0.2) is 11.5 Å². The van der Waals surface area contributed by atoms with Crippen LogP contribution in [-0.2, 0) is 0 Å². The Morgan fingerprint density at radius 2 is 1.44 bits per heavy atom. The van der Waals surface area contributed by atoms with Gasteiger partial charge in [0.2, 0.25) is 5.75 Å². The lowest BCUT2D eigenvalue weighted by atomic mass is 10.1. The molecule has 0 spiro atoms. The van der Waals surface area contributed by atoms with Crippen LogP contribution >= 0.6 is 0 Å². The monoisotopic (exact) mass is 340 g/mol. The van der Waals surface area contributed by atoms with E-state index in [0.29, 0.717) is 17.2 Å². The number of imidazole rings is 1. The topological polar surface area (TPSA) is 54.7 Å². The summed E-state index contributed by atoms with van der Waals surface area (Å²) in [4.78, 5) is 4.29. The summed E-state index contributed by atoms with van der Waals surface area (Å²) in [7, 11) is 6.43. The molecule has 0 aliphatic carbocycles. The van der Waals surface area contributed by atoms with Crippen molar-refractivity contribution >= 4 is 0 Å². The first-order valence-corrected chi connectivity index (χ1v) is 7.69. The van der Waals surface area contributed by atoms with E-state index in [0.717, 1.165) is 22.7 Å². The zero-order valence-corrected chi connectivity index (χ0v) is 14.6. The second-order valence-electron chi connectivity index (χ2n) is 5.26. The molecule has 0 bridgehead atoms. The predicted octanol–water partition coefficient (Wildman–Crippen LogP) is 3.57. The number of hydrogen-bond acceptors (Lipinski definition) is 5. The van der Waals surface area contributed by atoms with E-state index in [1.54, 1.807) is 41.0 Å². The summed E-state index contributed by atoms with van der Waals surface area (Å²) in [6.07, 6.45) is 3.56. The molecule has 1 heterocycles. The first-order chi connectivity index (χ1) is 12.2. The second kappa shape index (κ2) is 7.17. The fourth-order valence-corrected chi connectivity index (χ4v) is 2.69. The van der Waals surface area contributed by atoms with E-state index >= 15 is 0 Å². The van der Waals surface area contributed by atoms with Crippen molar-refractivity contribution in [3.05, 3.63) is 48.9 Å². The maximum atomic E-state index is 5.44. The molecule has 130 valence electrons. The largest absolute Gasteiger partial charge is 0.497 e. The number of aromatic nitrogens is 2. The Morgan fingerprint density at radius 1 is 0.800 bits per heavy atom. The molecule has 1 aromatic heterocycles. The average molecular weight is 340 g/mol. The SMILES string of the molecule is COc1ccc(-n2cncc2-c2cc(OC)c(OC)c(OC)c2)cc1. The zero-order chi connectivity index (χ0) is 17.8. The van der Waals surface area contributed by atoms with Crippen molar-refractivity contribution in [3.63, 3.8) is 0 Å². The molecule has 0 unspecified atom stereocenters. The molecule has 0 saturated carbocycles. The van der Waals surface area contributed by atoms with Crippen molar-refractivity contribution in [2.75, 3.05) is 28.4 Å². The Balaban J connectivity index is 2.10. The number of ether oxygens (including phenoxy) is 4. The first-order valence-electron chi connectivity index (χ1n) is 7.69. The Bertz CT molecular complexity index is 831. The minimum Gasteiger partial charge on any atom is -0.497 e. The highest BCUT2D eigenvalue weighted by molar-refractivity contribution is 5.70. The molecule has 0 aliphatic heterocycles. The van der Waals surface area contributed by atoms with Crippen LogP contribution in [0.3, 0.4) is 0 Å². The molecule has 6 nitrogen and oxygen atoms in total. The fourth-order valence-electron chi connectivity index (χ4n) is 2.69. The number of hydrogen-bond donors (Lipinski definition) is 0. The predicted molar refractivity (Wildman–Crippen MR) is 95.2 cm³/mol. The molecule has 0 saturated heterocycles. The van der Waals surface area contributed by atoms with Gasteiger partial charge in [-0.1, -0.05) is 0 Å². The van der Waals surface area contributed by atoms with Crippen molar-refractivity contribution in [2.24, 2.45) is 0 Å². The lowest BCUT2D eigenvalue weighted by Crippen LogP contribution is -1.98. The van der Waals surface area contributed by atoms with E-state index < -0.39 is 0 Å². The number of benzene rings is 2. The van der Waals surface area contributed by atoms with Gasteiger partial charge in [0.05, 0.1) is 46.7 Å². The summed E-state index contributed by atoms with van der Waals surface area (Å²) in [5, 5.41) is 0. The van der Waals surface area contributed by atoms with Crippen LogP contribution in [-0.4, -0.2) is 38.0 Å². The molecule has 0 radical (unpaired) electrons. The van der Waals surface area contributed by atoms with E-state index in [9.17, 15) is 0 Å². The van der Waals surface area contributed by atoms with Gasteiger partial charge in [0.1, 0.15) is 5.75 Å². The van der Waals surface area contributed by atoms with Crippen LogP contribution in [0.25, 0.3) is 16.9 Å². The van der Waals surface area contributed by atoms with Crippen molar-refractivity contribution in [2.45, 2.75) is 0 Å². The van der Waals surface area contributed by atoms with Gasteiger partial charge >= 0.3 is 0 Å². The summed E-state index contributed by atoms with van der Waals surface area (Å²) >= 11 is 0. The Hall–Kier alpha value is -3.15. The third-order valence-corrected chi connectivity index (χ3v) is 3.95. The lowest BCUT2D eigenvalue weighted by molar-refractivity contribution is 0.324. The van der Waals surface area contributed by atoms with Gasteiger partial charge in [-0.15, -0.1) is 0 Å². The highest BCUT2D eigenvalue weighted by Crippen LogP contribution is 2.41. The van der Waals surface area contributed by atoms with Crippen LogP contribution in [0.5, 0.6) is 23.0 Å². The van der Waals surface area contributed by atoms with Crippen LogP contribution in [0.1, 0.15) is 0 Å². The molecular formula is C19H20N2O4. The maximum absolute atomic E-state index is 5.44. The van der Waals surface area contributed by atoms with Gasteiger partial charge in [-0.2, -0.15) is 0 Å².